The molecule has 0 aliphatic heterocycles. The smallest absolute Gasteiger partial charge is 0.338 e. The van der Waals surface area contributed by atoms with Crippen LogP contribution in [0.4, 0.5) is 10.1 Å². The minimum Gasteiger partial charge on any atom is -0.462 e. The summed E-state index contributed by atoms with van der Waals surface area (Å²) in [6.45, 7) is 1.98. The lowest BCUT2D eigenvalue weighted by Crippen LogP contribution is -2.13. The molecule has 0 saturated heterocycles. The number of nitrogens with one attached hydrogen (secondary N) is 1. The maximum absolute atomic E-state index is 13.4. The van der Waals surface area contributed by atoms with Crippen molar-refractivity contribution in [3.63, 3.8) is 0 Å². The van der Waals surface area contributed by atoms with E-state index in [1.54, 1.807) is 43.3 Å². The molecule has 0 aliphatic rings. The van der Waals surface area contributed by atoms with Crippen molar-refractivity contribution < 1.29 is 18.7 Å². The summed E-state index contributed by atoms with van der Waals surface area (Å²) in [5.74, 6) is -1.37. The quantitative estimate of drug-likeness (QED) is 0.274. The summed E-state index contributed by atoms with van der Waals surface area (Å²) in [7, 11) is 0. The Labute approximate surface area is 196 Å². The summed E-state index contributed by atoms with van der Waals surface area (Å²) >= 11 is 6.37. The van der Waals surface area contributed by atoms with Gasteiger partial charge in [-0.2, -0.15) is 5.26 Å². The topological polar surface area (TPSA) is 79.2 Å². The van der Waals surface area contributed by atoms with Gasteiger partial charge in [0.25, 0.3) is 5.91 Å². The largest absolute Gasteiger partial charge is 0.462 e. The predicted octanol–water partition coefficient (Wildman–Crippen LogP) is 5.79. The van der Waals surface area contributed by atoms with Gasteiger partial charge in [0.2, 0.25) is 0 Å². The molecule has 3 aromatic rings. The molecule has 0 heterocycles. The number of halogens is 2. The molecule has 0 radical (unpaired) electrons. The monoisotopic (exact) mass is 462 g/mol. The molecule has 1 amide bonds. The fraction of sp³-hybridized carbons (Fsp3) is 0.115. The van der Waals surface area contributed by atoms with E-state index in [4.69, 9.17) is 16.3 Å². The maximum Gasteiger partial charge on any atom is 0.338 e. The van der Waals surface area contributed by atoms with Crippen LogP contribution in [0.25, 0.3) is 6.08 Å². The van der Waals surface area contributed by atoms with E-state index < -0.39 is 11.9 Å². The zero-order valence-corrected chi connectivity index (χ0v) is 18.5. The van der Waals surface area contributed by atoms with Crippen LogP contribution < -0.4 is 5.32 Å². The van der Waals surface area contributed by atoms with E-state index in [1.165, 1.54) is 30.3 Å². The van der Waals surface area contributed by atoms with Gasteiger partial charge in [0.05, 0.1) is 12.2 Å². The van der Waals surface area contributed by atoms with Crippen LogP contribution in [-0.2, 0) is 16.0 Å². The second-order valence-electron chi connectivity index (χ2n) is 7.08. The third-order valence-electron chi connectivity index (χ3n) is 4.69. The van der Waals surface area contributed by atoms with Crippen molar-refractivity contribution >= 4 is 35.2 Å². The molecule has 166 valence electrons. The van der Waals surface area contributed by atoms with Gasteiger partial charge in [0.1, 0.15) is 17.5 Å². The lowest BCUT2D eigenvalue weighted by Gasteiger charge is -2.08. The Morgan fingerprint density at radius 1 is 1.12 bits per heavy atom. The Hall–Kier alpha value is -3.95. The number of nitriles is 1. The van der Waals surface area contributed by atoms with Gasteiger partial charge in [-0.15, -0.1) is 0 Å². The summed E-state index contributed by atoms with van der Waals surface area (Å²) in [5, 5.41) is 12.5. The molecule has 0 aromatic heterocycles. The summed E-state index contributed by atoms with van der Waals surface area (Å²) in [5.41, 5.74) is 2.83. The maximum atomic E-state index is 13.4. The van der Waals surface area contributed by atoms with Gasteiger partial charge in [-0.05, 0) is 78.6 Å². The fourth-order valence-corrected chi connectivity index (χ4v) is 3.34. The first-order valence-electron chi connectivity index (χ1n) is 10.1. The van der Waals surface area contributed by atoms with E-state index in [9.17, 15) is 19.2 Å². The van der Waals surface area contributed by atoms with Crippen molar-refractivity contribution in [3.05, 3.63) is 105 Å². The van der Waals surface area contributed by atoms with Crippen LogP contribution in [0.1, 0.15) is 34.0 Å². The first-order chi connectivity index (χ1) is 15.9. The highest BCUT2D eigenvalue weighted by Crippen LogP contribution is 2.23. The predicted molar refractivity (Wildman–Crippen MR) is 125 cm³/mol. The van der Waals surface area contributed by atoms with E-state index >= 15 is 0 Å². The molecule has 0 bridgehead atoms. The average molecular weight is 463 g/mol. The molecule has 0 atom stereocenters. The average Bonchev–Trinajstić information content (AvgIpc) is 2.80. The molecule has 7 heteroatoms. The molecule has 3 rings (SSSR count). The Morgan fingerprint density at radius 3 is 2.52 bits per heavy atom. The molecule has 5 nitrogen and oxygen atoms in total. The Bertz CT molecular complexity index is 1250. The minimum absolute atomic E-state index is 0.113. The number of ether oxygens (including phenoxy) is 1. The summed E-state index contributed by atoms with van der Waals surface area (Å²) < 4.78 is 18.3. The third kappa shape index (κ3) is 6.52. The Morgan fingerprint density at radius 2 is 1.88 bits per heavy atom. The van der Waals surface area contributed by atoms with Gasteiger partial charge >= 0.3 is 5.97 Å². The van der Waals surface area contributed by atoms with Crippen molar-refractivity contribution in [2.75, 3.05) is 11.9 Å². The van der Waals surface area contributed by atoms with Crippen LogP contribution in [0.2, 0.25) is 5.02 Å². The van der Waals surface area contributed by atoms with E-state index in [-0.39, 0.29) is 18.0 Å². The highest BCUT2D eigenvalue weighted by Gasteiger charge is 2.12. The Kier molecular flexibility index (Phi) is 7.96. The standard InChI is InChI=1S/C26H20ClFN2O3/c1-2-33-26(32)19-8-10-23(11-9-19)30-25(31)21(16-29)13-18-6-7-20(24(27)15-18)12-17-4-3-5-22(28)14-17/h3-11,13-15H,2,12H2,1H3,(H,30,31)/b21-13+. The fourth-order valence-electron chi connectivity index (χ4n) is 3.08. The molecule has 0 saturated carbocycles. The highest BCUT2D eigenvalue weighted by atomic mass is 35.5. The van der Waals surface area contributed by atoms with Gasteiger partial charge < -0.3 is 10.1 Å². The van der Waals surface area contributed by atoms with E-state index in [0.29, 0.717) is 28.3 Å². The van der Waals surface area contributed by atoms with Crippen molar-refractivity contribution in [2.24, 2.45) is 0 Å². The molecule has 3 aromatic carbocycles. The lowest BCUT2D eigenvalue weighted by molar-refractivity contribution is -0.112. The van der Waals surface area contributed by atoms with Gasteiger partial charge in [-0.25, -0.2) is 9.18 Å². The summed E-state index contributed by atoms with van der Waals surface area (Å²) in [6.07, 6.45) is 1.88. The number of anilines is 1. The van der Waals surface area contributed by atoms with Crippen LogP contribution in [0, 0.1) is 17.1 Å². The van der Waals surface area contributed by atoms with Gasteiger partial charge in [0.15, 0.2) is 0 Å². The first kappa shape index (κ1) is 23.7. The van der Waals surface area contributed by atoms with Gasteiger partial charge in [0, 0.05) is 10.7 Å². The number of nitrogens with zero attached hydrogens (tertiary/aromatic N) is 1. The highest BCUT2D eigenvalue weighted by molar-refractivity contribution is 6.31. The molecule has 0 spiro atoms. The van der Waals surface area contributed by atoms with Crippen molar-refractivity contribution in [1.82, 2.24) is 0 Å². The molecule has 0 fully saturated rings. The molecule has 0 aliphatic carbocycles. The lowest BCUT2D eigenvalue weighted by atomic mass is 10.0. The van der Waals surface area contributed by atoms with E-state index in [2.05, 4.69) is 5.32 Å². The van der Waals surface area contributed by atoms with Crippen molar-refractivity contribution in [1.29, 1.82) is 5.26 Å². The number of hydrogen-bond acceptors (Lipinski definition) is 4. The number of carbonyl (C=O) groups is 2. The molecular weight excluding hydrogens is 443 g/mol. The minimum atomic E-state index is -0.596. The third-order valence-corrected chi connectivity index (χ3v) is 5.04. The Balaban J connectivity index is 1.71. The second kappa shape index (κ2) is 11.1. The SMILES string of the molecule is CCOC(=O)c1ccc(NC(=O)/C(C#N)=C/c2ccc(Cc3cccc(F)c3)c(Cl)c2)cc1. The zero-order chi connectivity index (χ0) is 23.8. The molecule has 0 unspecified atom stereocenters. The van der Waals surface area contributed by atoms with Gasteiger partial charge in [-0.3, -0.25) is 4.79 Å². The number of carbonyl (C=O) groups excluding carboxylic acids is 2. The zero-order valence-electron chi connectivity index (χ0n) is 17.8. The van der Waals surface area contributed by atoms with Gasteiger partial charge in [-0.1, -0.05) is 35.9 Å². The number of esters is 1. The van der Waals surface area contributed by atoms with Crippen LogP contribution >= 0.6 is 11.6 Å². The van der Waals surface area contributed by atoms with Crippen molar-refractivity contribution in [2.45, 2.75) is 13.3 Å². The van der Waals surface area contributed by atoms with E-state index in [1.807, 2.05) is 12.1 Å². The number of hydrogen-bond donors (Lipinski definition) is 1. The van der Waals surface area contributed by atoms with Crippen LogP contribution in [0.15, 0.2) is 72.3 Å². The number of amides is 1. The number of benzene rings is 3. The van der Waals surface area contributed by atoms with Crippen LogP contribution in [0.5, 0.6) is 0 Å². The van der Waals surface area contributed by atoms with Crippen molar-refractivity contribution in [3.8, 4) is 6.07 Å². The normalized spacial score (nSPS) is 10.9. The summed E-state index contributed by atoms with van der Waals surface area (Å²) in [4.78, 5) is 24.2. The molecule has 33 heavy (non-hydrogen) atoms. The van der Waals surface area contributed by atoms with Crippen LogP contribution in [-0.4, -0.2) is 18.5 Å². The first-order valence-corrected chi connectivity index (χ1v) is 10.5. The number of rotatable bonds is 7. The van der Waals surface area contributed by atoms with E-state index in [0.717, 1.165) is 11.1 Å². The van der Waals surface area contributed by atoms with Crippen LogP contribution in [0.3, 0.4) is 0 Å². The second-order valence-corrected chi connectivity index (χ2v) is 7.49. The molecule has 1 N–H and O–H groups in total. The summed E-state index contributed by atoms with van der Waals surface area (Å²) in [6, 6.07) is 19.5. The molecular formula is C26H20ClFN2O3.